The number of hydrogen-bond acceptors (Lipinski definition) is 6. The molecular formula is C26H39N3O2S. The van der Waals surface area contributed by atoms with Crippen LogP contribution in [0.2, 0.25) is 0 Å². The van der Waals surface area contributed by atoms with Gasteiger partial charge in [0.15, 0.2) is 10.9 Å². The van der Waals surface area contributed by atoms with Crippen LogP contribution in [0.15, 0.2) is 12.1 Å². The van der Waals surface area contributed by atoms with Gasteiger partial charge in [-0.1, -0.05) is 25.2 Å². The summed E-state index contributed by atoms with van der Waals surface area (Å²) in [4.78, 5) is 20.7. The van der Waals surface area contributed by atoms with E-state index in [0.717, 1.165) is 39.8 Å². The van der Waals surface area contributed by atoms with Crippen molar-refractivity contribution < 1.29 is 9.53 Å². The molecule has 0 spiro atoms. The van der Waals surface area contributed by atoms with Crippen molar-refractivity contribution in [3.63, 3.8) is 0 Å². The Morgan fingerprint density at radius 1 is 1.22 bits per heavy atom. The summed E-state index contributed by atoms with van der Waals surface area (Å²) in [5.41, 5.74) is 2.51. The van der Waals surface area contributed by atoms with Gasteiger partial charge in [0.05, 0.1) is 34.0 Å². The lowest BCUT2D eigenvalue weighted by atomic mass is 9.69. The highest BCUT2D eigenvalue weighted by Gasteiger charge is 2.42. The van der Waals surface area contributed by atoms with E-state index in [-0.39, 0.29) is 28.4 Å². The zero-order chi connectivity index (χ0) is 23.5. The number of rotatable bonds is 7. The topological polar surface area (TPSA) is 54.5 Å². The molecule has 1 aromatic carbocycles. The summed E-state index contributed by atoms with van der Waals surface area (Å²) in [5.74, 6) is 1.05. The van der Waals surface area contributed by atoms with Gasteiger partial charge in [-0.2, -0.15) is 0 Å². The molecule has 2 aliphatic carbocycles. The van der Waals surface area contributed by atoms with Crippen molar-refractivity contribution >= 4 is 32.5 Å². The zero-order valence-corrected chi connectivity index (χ0v) is 21.8. The van der Waals surface area contributed by atoms with E-state index in [1.807, 2.05) is 12.1 Å². The zero-order valence-electron chi connectivity index (χ0n) is 21.0. The summed E-state index contributed by atoms with van der Waals surface area (Å²) in [6.07, 6.45) is 3.46. The maximum absolute atomic E-state index is 13.5. The maximum atomic E-state index is 13.5. The van der Waals surface area contributed by atoms with Crippen LogP contribution in [0, 0.1) is 5.92 Å². The van der Waals surface area contributed by atoms with Crippen LogP contribution in [0.25, 0.3) is 10.2 Å². The predicted molar refractivity (Wildman–Crippen MR) is 134 cm³/mol. The van der Waals surface area contributed by atoms with Gasteiger partial charge in [-0.25, -0.2) is 4.98 Å². The third-order valence-corrected chi connectivity index (χ3v) is 7.60. The predicted octanol–water partition coefficient (Wildman–Crippen LogP) is 5.88. The first-order chi connectivity index (χ1) is 14.8. The number of aromatic nitrogens is 1. The van der Waals surface area contributed by atoms with Crippen LogP contribution in [-0.2, 0) is 10.2 Å². The van der Waals surface area contributed by atoms with Crippen molar-refractivity contribution in [2.24, 2.45) is 5.92 Å². The molecule has 6 heteroatoms. The molecule has 1 aromatic heterocycles. The van der Waals surface area contributed by atoms with E-state index in [1.54, 1.807) is 11.3 Å². The number of ketones is 1. The van der Waals surface area contributed by atoms with Crippen molar-refractivity contribution in [3.8, 4) is 0 Å². The molecule has 32 heavy (non-hydrogen) atoms. The molecule has 0 radical (unpaired) electrons. The first-order valence-corrected chi connectivity index (χ1v) is 12.7. The van der Waals surface area contributed by atoms with Gasteiger partial charge >= 0.3 is 0 Å². The monoisotopic (exact) mass is 457 g/mol. The van der Waals surface area contributed by atoms with E-state index in [1.165, 1.54) is 18.4 Å². The molecule has 0 aliphatic heterocycles. The standard InChI is InChI=1S/C26H39N3O2S/c1-24(2,3)31-15-26(6,7)28-23-27-18-12-11-17-20(22(18)32-23)25(4,5)13-19(21(17)30)29(8)14-16-9-10-16/h11-12,16,19H,9-10,13-15H2,1-8H3,(H,27,28). The van der Waals surface area contributed by atoms with E-state index in [0.29, 0.717) is 6.61 Å². The molecule has 0 saturated heterocycles. The van der Waals surface area contributed by atoms with Gasteiger partial charge in [0.25, 0.3) is 0 Å². The fourth-order valence-electron chi connectivity index (χ4n) is 4.69. The third kappa shape index (κ3) is 5.02. The Labute approximate surface area is 196 Å². The van der Waals surface area contributed by atoms with Gasteiger partial charge in [-0.15, -0.1) is 0 Å². The molecule has 1 unspecified atom stereocenters. The first-order valence-electron chi connectivity index (χ1n) is 11.9. The van der Waals surface area contributed by atoms with E-state index in [2.05, 4.69) is 65.7 Å². The van der Waals surface area contributed by atoms with E-state index in [4.69, 9.17) is 9.72 Å². The number of Topliss-reactive ketones (excluding diaryl/α,β-unsaturated/α-hetero) is 1. The molecule has 0 bridgehead atoms. The molecule has 1 atom stereocenters. The molecule has 176 valence electrons. The minimum atomic E-state index is -0.247. The lowest BCUT2D eigenvalue weighted by molar-refractivity contribution is -0.0196. The highest BCUT2D eigenvalue weighted by molar-refractivity contribution is 7.22. The highest BCUT2D eigenvalue weighted by Crippen LogP contribution is 2.45. The second-order valence-electron chi connectivity index (χ2n) is 12.1. The van der Waals surface area contributed by atoms with Crippen LogP contribution in [0.3, 0.4) is 0 Å². The molecule has 1 saturated carbocycles. The highest BCUT2D eigenvalue weighted by atomic mass is 32.1. The molecule has 1 heterocycles. The van der Waals surface area contributed by atoms with Gasteiger partial charge < -0.3 is 10.1 Å². The van der Waals surface area contributed by atoms with Crippen LogP contribution in [0.4, 0.5) is 5.13 Å². The minimum absolute atomic E-state index is 0.0328. The number of ether oxygens (including phenoxy) is 1. The number of anilines is 1. The quantitative estimate of drug-likeness (QED) is 0.563. The number of carbonyl (C=O) groups is 1. The van der Waals surface area contributed by atoms with Crippen molar-refractivity contribution in [3.05, 3.63) is 23.3 Å². The Morgan fingerprint density at radius 3 is 2.53 bits per heavy atom. The van der Waals surface area contributed by atoms with Crippen molar-refractivity contribution in [2.75, 3.05) is 25.5 Å². The molecule has 2 aromatic rings. The molecule has 4 rings (SSSR count). The lowest BCUT2D eigenvalue weighted by Gasteiger charge is -2.40. The molecule has 0 amide bonds. The van der Waals surface area contributed by atoms with Gasteiger partial charge in [0.1, 0.15) is 0 Å². The molecule has 5 nitrogen and oxygen atoms in total. The van der Waals surface area contributed by atoms with Crippen molar-refractivity contribution in [1.29, 1.82) is 0 Å². The summed E-state index contributed by atoms with van der Waals surface area (Å²) in [6, 6.07) is 4.00. The summed E-state index contributed by atoms with van der Waals surface area (Å²) in [6.45, 7) is 16.7. The SMILES string of the molecule is CN(CC1CC1)C1CC(C)(C)c2c(ccc3nc(NC(C)(C)COC(C)(C)C)sc23)C1=O. The summed E-state index contributed by atoms with van der Waals surface area (Å²) >= 11 is 1.66. The van der Waals surface area contributed by atoms with Gasteiger partial charge in [0, 0.05) is 12.1 Å². The number of nitrogens with one attached hydrogen (secondary N) is 1. The number of carbonyl (C=O) groups excluding carboxylic acids is 1. The smallest absolute Gasteiger partial charge is 0.184 e. The van der Waals surface area contributed by atoms with Crippen LogP contribution in [0.1, 0.15) is 83.7 Å². The van der Waals surface area contributed by atoms with E-state index in [9.17, 15) is 4.79 Å². The Bertz CT molecular complexity index is 1010. The Balaban J connectivity index is 1.63. The molecule has 1 fully saturated rings. The second kappa shape index (κ2) is 8.07. The minimum Gasteiger partial charge on any atom is -0.373 e. The fourth-order valence-corrected chi connectivity index (χ4v) is 6.06. The Morgan fingerprint density at radius 2 is 1.91 bits per heavy atom. The Kier molecular flexibility index (Phi) is 5.96. The van der Waals surface area contributed by atoms with Gasteiger partial charge in [-0.05, 0) is 90.0 Å². The number of likely N-dealkylation sites (N-methyl/N-ethyl adjacent to an activating group) is 1. The second-order valence-corrected chi connectivity index (χ2v) is 13.1. The van der Waals surface area contributed by atoms with Crippen LogP contribution >= 0.6 is 11.3 Å². The first kappa shape index (κ1) is 23.7. The van der Waals surface area contributed by atoms with Crippen LogP contribution in [-0.4, -0.2) is 53.0 Å². The number of nitrogens with zero attached hydrogens (tertiary/aromatic N) is 2. The number of thiazole rings is 1. The normalized spacial score (nSPS) is 21.3. The van der Waals surface area contributed by atoms with Gasteiger partial charge in [0.2, 0.25) is 0 Å². The summed E-state index contributed by atoms with van der Waals surface area (Å²) in [7, 11) is 2.12. The van der Waals surface area contributed by atoms with Gasteiger partial charge in [-0.3, -0.25) is 9.69 Å². The fraction of sp³-hybridized carbons (Fsp3) is 0.692. The van der Waals surface area contributed by atoms with Crippen molar-refractivity contribution in [1.82, 2.24) is 9.88 Å². The Hall–Kier alpha value is -1.50. The van der Waals surface area contributed by atoms with E-state index < -0.39 is 0 Å². The number of fused-ring (bicyclic) bond motifs is 3. The van der Waals surface area contributed by atoms with Crippen LogP contribution in [0.5, 0.6) is 0 Å². The van der Waals surface area contributed by atoms with Crippen molar-refractivity contribution in [2.45, 2.75) is 90.3 Å². The number of hydrogen-bond donors (Lipinski definition) is 1. The summed E-state index contributed by atoms with van der Waals surface area (Å²) in [5, 5.41) is 4.45. The molecular weight excluding hydrogens is 418 g/mol. The third-order valence-electron chi connectivity index (χ3n) is 6.59. The average molecular weight is 458 g/mol. The van der Waals surface area contributed by atoms with Crippen LogP contribution < -0.4 is 5.32 Å². The largest absolute Gasteiger partial charge is 0.373 e. The lowest BCUT2D eigenvalue weighted by Crippen LogP contribution is -2.47. The average Bonchev–Trinajstić information content (AvgIpc) is 3.38. The number of benzene rings is 1. The molecule has 1 N–H and O–H groups in total. The maximum Gasteiger partial charge on any atom is 0.184 e. The van der Waals surface area contributed by atoms with E-state index >= 15 is 0 Å². The molecule has 2 aliphatic rings. The summed E-state index contributed by atoms with van der Waals surface area (Å²) < 4.78 is 7.15.